The molecule has 0 spiro atoms. The zero-order valence-electron chi connectivity index (χ0n) is 5.85. The number of carbonyl (C=O) groups is 1. The van der Waals surface area contributed by atoms with E-state index < -0.39 is 0 Å². The van der Waals surface area contributed by atoms with Gasteiger partial charge in [0.05, 0.1) is 0 Å². The van der Waals surface area contributed by atoms with Crippen LogP contribution in [0.15, 0.2) is 0 Å². The third kappa shape index (κ3) is 3.60. The van der Waals surface area contributed by atoms with Gasteiger partial charge in [-0.15, -0.1) is 12.3 Å². The first-order valence-electron chi connectivity index (χ1n) is 2.83. The van der Waals surface area contributed by atoms with E-state index in [-0.39, 0.29) is 5.91 Å². The molecule has 1 amide bonds. The maximum absolute atomic E-state index is 10.5. The summed E-state index contributed by atoms with van der Waals surface area (Å²) in [5.74, 6) is 2.52. The van der Waals surface area contributed by atoms with Crippen LogP contribution in [0, 0.1) is 12.3 Å². The minimum atomic E-state index is 0.0604. The predicted octanol–water partition coefficient (Wildman–Crippen LogP) is 0.488. The molecule has 0 atom stereocenters. The third-order valence-corrected chi connectivity index (χ3v) is 1.13. The zero-order chi connectivity index (χ0) is 7.28. The average Bonchev–Trinajstić information content (AvgIpc) is 1.82. The fraction of sp³-hybridized carbons (Fsp3) is 0.571. The Morgan fingerprint density at radius 2 is 2.33 bits per heavy atom. The van der Waals surface area contributed by atoms with Crippen LogP contribution in [0.2, 0.25) is 0 Å². The van der Waals surface area contributed by atoms with E-state index in [1.54, 1.807) is 11.9 Å². The Morgan fingerprint density at radius 3 is 2.67 bits per heavy atom. The summed E-state index contributed by atoms with van der Waals surface area (Å²) >= 11 is 0. The van der Waals surface area contributed by atoms with Gasteiger partial charge in [0.1, 0.15) is 0 Å². The zero-order valence-corrected chi connectivity index (χ0v) is 5.85. The number of hydrogen-bond acceptors (Lipinski definition) is 1. The molecule has 0 aliphatic heterocycles. The standard InChI is InChI=1S/C7H11NO/c1-4-5-6-8(3)7(2)9/h1H,5-6H2,2-3H3. The number of terminal acetylenes is 1. The van der Waals surface area contributed by atoms with Crippen molar-refractivity contribution in [3.63, 3.8) is 0 Å². The van der Waals surface area contributed by atoms with Crippen LogP contribution >= 0.6 is 0 Å². The highest BCUT2D eigenvalue weighted by Gasteiger charge is 1.97. The molecule has 2 nitrogen and oxygen atoms in total. The minimum absolute atomic E-state index is 0.0604. The van der Waals surface area contributed by atoms with Gasteiger partial charge in [-0.2, -0.15) is 0 Å². The molecule has 9 heavy (non-hydrogen) atoms. The Balaban J connectivity index is 3.41. The van der Waals surface area contributed by atoms with Gasteiger partial charge in [0.25, 0.3) is 0 Å². The lowest BCUT2D eigenvalue weighted by Crippen LogP contribution is -2.24. The molecule has 0 aromatic rings. The molecule has 50 valence electrons. The van der Waals surface area contributed by atoms with Gasteiger partial charge in [0.2, 0.25) is 5.91 Å². The van der Waals surface area contributed by atoms with Crippen molar-refractivity contribution in [1.29, 1.82) is 0 Å². The number of hydrogen-bond donors (Lipinski definition) is 0. The van der Waals surface area contributed by atoms with E-state index in [9.17, 15) is 4.79 Å². The highest BCUT2D eigenvalue weighted by atomic mass is 16.2. The van der Waals surface area contributed by atoms with E-state index in [0.717, 1.165) is 0 Å². The molecule has 0 unspecified atom stereocenters. The fourth-order valence-corrected chi connectivity index (χ4v) is 0.390. The number of carbonyl (C=O) groups excluding carboxylic acids is 1. The summed E-state index contributed by atoms with van der Waals surface area (Å²) in [5, 5.41) is 0. The number of rotatable bonds is 2. The summed E-state index contributed by atoms with van der Waals surface area (Å²) in [6.45, 7) is 2.18. The minimum Gasteiger partial charge on any atom is -0.345 e. The van der Waals surface area contributed by atoms with Crippen LogP contribution in [0.1, 0.15) is 13.3 Å². The highest BCUT2D eigenvalue weighted by molar-refractivity contribution is 5.72. The smallest absolute Gasteiger partial charge is 0.219 e. The average molecular weight is 125 g/mol. The van der Waals surface area contributed by atoms with Crippen molar-refractivity contribution < 1.29 is 4.79 Å². The Bertz CT molecular complexity index is 134. The maximum atomic E-state index is 10.5. The lowest BCUT2D eigenvalue weighted by molar-refractivity contribution is -0.127. The second-order valence-electron chi connectivity index (χ2n) is 1.89. The van der Waals surface area contributed by atoms with E-state index in [1.165, 1.54) is 6.92 Å². The largest absolute Gasteiger partial charge is 0.345 e. The summed E-state index contributed by atoms with van der Waals surface area (Å²) in [6.07, 6.45) is 5.62. The first-order valence-corrected chi connectivity index (χ1v) is 2.83. The molecule has 0 aliphatic carbocycles. The van der Waals surface area contributed by atoms with Crippen LogP contribution in [-0.2, 0) is 4.79 Å². The normalized spacial score (nSPS) is 8.11. The van der Waals surface area contributed by atoms with Crippen LogP contribution in [0.4, 0.5) is 0 Å². The van der Waals surface area contributed by atoms with Gasteiger partial charge >= 0.3 is 0 Å². The Labute approximate surface area is 55.8 Å². The van der Waals surface area contributed by atoms with Crippen molar-refractivity contribution in [3.05, 3.63) is 0 Å². The summed E-state index contributed by atoms with van der Waals surface area (Å²) in [6, 6.07) is 0. The van der Waals surface area contributed by atoms with Gasteiger partial charge in [-0.1, -0.05) is 0 Å². The van der Waals surface area contributed by atoms with Gasteiger partial charge in [0.15, 0.2) is 0 Å². The molecule has 0 aromatic carbocycles. The van der Waals surface area contributed by atoms with Crippen molar-refractivity contribution in [2.45, 2.75) is 13.3 Å². The van der Waals surface area contributed by atoms with Crippen LogP contribution in [0.5, 0.6) is 0 Å². The van der Waals surface area contributed by atoms with E-state index in [1.807, 2.05) is 0 Å². The van der Waals surface area contributed by atoms with E-state index in [2.05, 4.69) is 5.92 Å². The lowest BCUT2D eigenvalue weighted by atomic mass is 10.4. The van der Waals surface area contributed by atoms with Crippen molar-refractivity contribution in [3.8, 4) is 12.3 Å². The maximum Gasteiger partial charge on any atom is 0.219 e. The summed E-state index contributed by atoms with van der Waals surface area (Å²) in [4.78, 5) is 12.1. The van der Waals surface area contributed by atoms with E-state index in [0.29, 0.717) is 13.0 Å². The first-order chi connectivity index (χ1) is 4.18. The van der Waals surface area contributed by atoms with Gasteiger partial charge in [-0.25, -0.2) is 0 Å². The molecule has 0 N–H and O–H groups in total. The Morgan fingerprint density at radius 1 is 1.78 bits per heavy atom. The van der Waals surface area contributed by atoms with E-state index >= 15 is 0 Å². The van der Waals surface area contributed by atoms with Gasteiger partial charge in [-0.05, 0) is 0 Å². The summed E-state index contributed by atoms with van der Waals surface area (Å²) in [5.41, 5.74) is 0. The third-order valence-electron chi connectivity index (χ3n) is 1.13. The van der Waals surface area contributed by atoms with Crippen molar-refractivity contribution >= 4 is 5.91 Å². The van der Waals surface area contributed by atoms with Crippen LogP contribution in [0.25, 0.3) is 0 Å². The topological polar surface area (TPSA) is 20.3 Å². The van der Waals surface area contributed by atoms with Gasteiger partial charge < -0.3 is 4.90 Å². The monoisotopic (exact) mass is 125 g/mol. The predicted molar refractivity (Wildman–Crippen MR) is 36.8 cm³/mol. The Hall–Kier alpha value is -0.970. The van der Waals surface area contributed by atoms with E-state index in [4.69, 9.17) is 6.42 Å². The Kier molecular flexibility index (Phi) is 3.54. The molecular formula is C7H11NO. The SMILES string of the molecule is C#CCCN(C)C(C)=O. The molecule has 0 saturated heterocycles. The molecule has 2 heteroatoms. The molecule has 0 radical (unpaired) electrons. The van der Waals surface area contributed by atoms with Gasteiger partial charge in [0, 0.05) is 26.9 Å². The number of nitrogens with zero attached hydrogens (tertiary/aromatic N) is 1. The van der Waals surface area contributed by atoms with Crippen LogP contribution < -0.4 is 0 Å². The molecule has 0 bridgehead atoms. The quantitative estimate of drug-likeness (QED) is 0.492. The van der Waals surface area contributed by atoms with Crippen molar-refractivity contribution in [2.24, 2.45) is 0 Å². The van der Waals surface area contributed by atoms with Gasteiger partial charge in [-0.3, -0.25) is 4.79 Å². The number of amides is 1. The van der Waals surface area contributed by atoms with Crippen molar-refractivity contribution in [1.82, 2.24) is 4.90 Å². The molecule has 0 aromatic heterocycles. The molecule has 0 aliphatic rings. The van der Waals surface area contributed by atoms with Crippen LogP contribution in [0.3, 0.4) is 0 Å². The van der Waals surface area contributed by atoms with Crippen molar-refractivity contribution in [2.75, 3.05) is 13.6 Å². The second kappa shape index (κ2) is 3.96. The molecular weight excluding hydrogens is 114 g/mol. The lowest BCUT2D eigenvalue weighted by Gasteiger charge is -2.11. The molecule has 0 heterocycles. The first kappa shape index (κ1) is 8.03. The second-order valence-corrected chi connectivity index (χ2v) is 1.89. The summed E-state index contributed by atoms with van der Waals surface area (Å²) in [7, 11) is 1.74. The molecule has 0 fully saturated rings. The molecule has 0 saturated carbocycles. The fourth-order valence-electron chi connectivity index (χ4n) is 0.390. The summed E-state index contributed by atoms with van der Waals surface area (Å²) < 4.78 is 0. The highest BCUT2D eigenvalue weighted by Crippen LogP contribution is 1.84. The van der Waals surface area contributed by atoms with Crippen LogP contribution in [-0.4, -0.2) is 24.4 Å². The molecule has 0 rings (SSSR count).